The Labute approximate surface area is 156 Å². The van der Waals surface area contributed by atoms with E-state index in [0.717, 1.165) is 12.0 Å². The van der Waals surface area contributed by atoms with Crippen molar-refractivity contribution in [2.75, 3.05) is 5.75 Å². The summed E-state index contributed by atoms with van der Waals surface area (Å²) in [6.07, 6.45) is 4.77. The molecule has 5 nitrogen and oxygen atoms in total. The summed E-state index contributed by atoms with van der Waals surface area (Å²) in [4.78, 5) is 16.5. The highest BCUT2D eigenvalue weighted by Crippen LogP contribution is 2.24. The van der Waals surface area contributed by atoms with Crippen LogP contribution in [-0.4, -0.2) is 27.8 Å². The molecule has 0 unspecified atom stereocenters. The van der Waals surface area contributed by atoms with Crippen molar-refractivity contribution in [2.24, 2.45) is 5.92 Å². The molecule has 2 aromatic rings. The molecule has 25 heavy (non-hydrogen) atoms. The van der Waals surface area contributed by atoms with Crippen molar-refractivity contribution in [3.8, 4) is 11.4 Å². The largest absolute Gasteiger partial charge is 0.352 e. The number of carbonyl (C=O) groups is 1. The van der Waals surface area contributed by atoms with E-state index in [-0.39, 0.29) is 5.91 Å². The molecule has 0 spiro atoms. The van der Waals surface area contributed by atoms with Crippen molar-refractivity contribution in [1.29, 1.82) is 0 Å². The van der Waals surface area contributed by atoms with Crippen LogP contribution >= 0.6 is 23.4 Å². The molecule has 0 aliphatic heterocycles. The lowest BCUT2D eigenvalue weighted by atomic mass is 9.86. The van der Waals surface area contributed by atoms with E-state index in [1.54, 1.807) is 12.1 Å². The molecule has 7 heteroatoms. The van der Waals surface area contributed by atoms with Crippen LogP contribution in [0.5, 0.6) is 0 Å². The van der Waals surface area contributed by atoms with Gasteiger partial charge in [0, 0.05) is 16.6 Å². The summed E-state index contributed by atoms with van der Waals surface area (Å²) in [6, 6.07) is 7.64. The molecule has 1 aliphatic carbocycles. The number of rotatable bonds is 6. The number of carbonyl (C=O) groups excluding carboxylic acids is 1. The fraction of sp³-hybridized carbons (Fsp3) is 0.500. The Bertz CT molecular complexity index is 722. The lowest BCUT2D eigenvalue weighted by Crippen LogP contribution is -2.41. The van der Waals surface area contributed by atoms with Gasteiger partial charge in [0.15, 0.2) is 0 Å². The Hall–Kier alpha value is -1.53. The van der Waals surface area contributed by atoms with E-state index in [0.29, 0.717) is 40.2 Å². The van der Waals surface area contributed by atoms with Gasteiger partial charge in [-0.25, -0.2) is 0 Å². The number of thioether (sulfide) groups is 1. The van der Waals surface area contributed by atoms with Crippen LogP contribution < -0.4 is 5.32 Å². The van der Waals surface area contributed by atoms with Gasteiger partial charge < -0.3 is 9.84 Å². The third-order valence-corrected chi connectivity index (χ3v) is 5.62. The molecule has 3 rings (SSSR count). The summed E-state index contributed by atoms with van der Waals surface area (Å²) in [6.45, 7) is 2.22. The molecule has 0 radical (unpaired) electrons. The zero-order valence-corrected chi connectivity index (χ0v) is 15.8. The smallest absolute Gasteiger partial charge is 0.236 e. The van der Waals surface area contributed by atoms with Gasteiger partial charge in [0.1, 0.15) is 0 Å². The lowest BCUT2D eigenvalue weighted by Gasteiger charge is -2.29. The van der Waals surface area contributed by atoms with Crippen LogP contribution in [0, 0.1) is 5.92 Å². The van der Waals surface area contributed by atoms with Crippen molar-refractivity contribution in [3.05, 3.63) is 35.2 Å². The maximum absolute atomic E-state index is 12.1. The maximum atomic E-state index is 12.1. The quantitative estimate of drug-likeness (QED) is 0.809. The molecule has 0 saturated heterocycles. The standard InChI is InChI=1S/C18H22ClN3O2S/c1-12-5-2-3-8-15(12)20-16(23)10-25-11-17-21-18(22-24-17)13-6-4-7-14(19)9-13/h4,6-7,9,12,15H,2-3,5,8,10-11H2,1H3,(H,20,23)/t12-,15-/m1/s1. The number of amides is 1. The van der Waals surface area contributed by atoms with Gasteiger partial charge in [-0.1, -0.05) is 48.7 Å². The minimum absolute atomic E-state index is 0.0818. The number of aromatic nitrogens is 2. The van der Waals surface area contributed by atoms with E-state index >= 15 is 0 Å². The van der Waals surface area contributed by atoms with Crippen LogP contribution in [0.15, 0.2) is 28.8 Å². The first-order valence-electron chi connectivity index (χ1n) is 8.57. The fourth-order valence-electron chi connectivity index (χ4n) is 3.07. The van der Waals surface area contributed by atoms with Crippen molar-refractivity contribution >= 4 is 29.3 Å². The molecule has 1 heterocycles. The normalized spacial score (nSPS) is 20.4. The summed E-state index contributed by atoms with van der Waals surface area (Å²) in [5.41, 5.74) is 0.816. The van der Waals surface area contributed by atoms with Crippen molar-refractivity contribution in [1.82, 2.24) is 15.5 Å². The van der Waals surface area contributed by atoms with E-state index in [9.17, 15) is 4.79 Å². The van der Waals surface area contributed by atoms with Gasteiger partial charge in [-0.3, -0.25) is 4.79 Å². The fourth-order valence-corrected chi connectivity index (χ4v) is 3.92. The first-order valence-corrected chi connectivity index (χ1v) is 10.1. The second-order valence-electron chi connectivity index (χ2n) is 6.45. The summed E-state index contributed by atoms with van der Waals surface area (Å²) in [7, 11) is 0. The van der Waals surface area contributed by atoms with Gasteiger partial charge in [-0.2, -0.15) is 4.98 Å². The molecular weight excluding hydrogens is 358 g/mol. The van der Waals surface area contributed by atoms with Gasteiger partial charge in [-0.05, 0) is 30.9 Å². The molecule has 1 N–H and O–H groups in total. The molecule has 2 atom stereocenters. The molecule has 1 amide bonds. The average molecular weight is 380 g/mol. The van der Waals surface area contributed by atoms with Crippen LogP contribution in [0.3, 0.4) is 0 Å². The maximum Gasteiger partial charge on any atom is 0.236 e. The van der Waals surface area contributed by atoms with Crippen molar-refractivity contribution in [2.45, 2.75) is 44.4 Å². The van der Waals surface area contributed by atoms with Crippen molar-refractivity contribution < 1.29 is 9.32 Å². The Kier molecular flexibility index (Phi) is 6.37. The van der Waals surface area contributed by atoms with Crippen molar-refractivity contribution in [3.63, 3.8) is 0 Å². The molecule has 134 valence electrons. The second-order valence-corrected chi connectivity index (χ2v) is 7.87. The minimum Gasteiger partial charge on any atom is -0.352 e. The zero-order chi connectivity index (χ0) is 17.6. The van der Waals surface area contributed by atoms with Gasteiger partial charge in [0.25, 0.3) is 0 Å². The third-order valence-electron chi connectivity index (χ3n) is 4.47. The van der Waals surface area contributed by atoms with Crippen LogP contribution in [0.25, 0.3) is 11.4 Å². The molecule has 0 bridgehead atoms. The molecule has 1 aromatic heterocycles. The van der Waals surface area contributed by atoms with E-state index < -0.39 is 0 Å². The summed E-state index contributed by atoms with van der Waals surface area (Å²) in [5, 5.41) is 7.75. The van der Waals surface area contributed by atoms with Gasteiger partial charge in [-0.15, -0.1) is 11.8 Å². The third kappa shape index (κ3) is 5.22. The predicted molar refractivity (Wildman–Crippen MR) is 100 cm³/mol. The number of benzene rings is 1. The van der Waals surface area contributed by atoms with Gasteiger partial charge in [0.2, 0.25) is 17.6 Å². The van der Waals surface area contributed by atoms with Crippen LogP contribution in [0.2, 0.25) is 5.02 Å². The Morgan fingerprint density at radius 3 is 3.04 bits per heavy atom. The van der Waals surface area contributed by atoms with Crippen LogP contribution in [-0.2, 0) is 10.5 Å². The first-order chi connectivity index (χ1) is 12.1. The Morgan fingerprint density at radius 1 is 1.40 bits per heavy atom. The van der Waals surface area contributed by atoms with E-state index in [1.807, 2.05) is 12.1 Å². The van der Waals surface area contributed by atoms with Gasteiger partial charge in [0.05, 0.1) is 11.5 Å². The summed E-state index contributed by atoms with van der Waals surface area (Å²) in [5.74, 6) is 2.59. The number of nitrogens with one attached hydrogen (secondary N) is 1. The van der Waals surface area contributed by atoms with Gasteiger partial charge >= 0.3 is 0 Å². The van der Waals surface area contributed by atoms with E-state index in [1.165, 1.54) is 31.0 Å². The van der Waals surface area contributed by atoms with E-state index in [4.69, 9.17) is 16.1 Å². The number of hydrogen-bond donors (Lipinski definition) is 1. The summed E-state index contributed by atoms with van der Waals surface area (Å²) >= 11 is 7.46. The highest BCUT2D eigenvalue weighted by Gasteiger charge is 2.22. The molecule has 1 saturated carbocycles. The number of hydrogen-bond acceptors (Lipinski definition) is 5. The molecule has 1 fully saturated rings. The number of nitrogens with zero attached hydrogens (tertiary/aromatic N) is 2. The van der Waals surface area contributed by atoms with Crippen LogP contribution in [0.4, 0.5) is 0 Å². The summed E-state index contributed by atoms with van der Waals surface area (Å²) < 4.78 is 5.25. The molecular formula is C18H22ClN3O2S. The average Bonchev–Trinajstić information content (AvgIpc) is 3.06. The van der Waals surface area contributed by atoms with E-state index in [2.05, 4.69) is 22.4 Å². The predicted octanol–water partition coefficient (Wildman–Crippen LogP) is 4.32. The highest BCUT2D eigenvalue weighted by atomic mass is 35.5. The molecule has 1 aromatic carbocycles. The zero-order valence-electron chi connectivity index (χ0n) is 14.2. The first kappa shape index (κ1) is 18.3. The lowest BCUT2D eigenvalue weighted by molar-refractivity contribution is -0.119. The second kappa shape index (κ2) is 8.72. The SMILES string of the molecule is C[C@@H]1CCCC[C@H]1NC(=O)CSCc1nc(-c2cccc(Cl)c2)no1. The minimum atomic E-state index is 0.0818. The monoisotopic (exact) mass is 379 g/mol. The Morgan fingerprint density at radius 2 is 2.24 bits per heavy atom. The number of halogens is 1. The Balaban J connectivity index is 1.45. The molecule has 1 aliphatic rings. The van der Waals surface area contributed by atoms with Crippen LogP contribution in [0.1, 0.15) is 38.5 Å². The highest BCUT2D eigenvalue weighted by molar-refractivity contribution is 7.99. The topological polar surface area (TPSA) is 68.0 Å².